The molecule has 0 N–H and O–H groups in total. The lowest BCUT2D eigenvalue weighted by atomic mass is 9.49. The van der Waals surface area contributed by atoms with Crippen LogP contribution in [-0.4, -0.2) is 49.6 Å². The van der Waals surface area contributed by atoms with Gasteiger partial charge in [0.25, 0.3) is 0 Å². The highest BCUT2D eigenvalue weighted by Gasteiger charge is 2.57. The second-order valence-corrected chi connectivity index (χ2v) is 10.1. The van der Waals surface area contributed by atoms with Crippen molar-refractivity contribution in [3.8, 4) is 11.5 Å². The van der Waals surface area contributed by atoms with Crippen molar-refractivity contribution in [3.63, 3.8) is 0 Å². The van der Waals surface area contributed by atoms with Crippen LogP contribution in [0.15, 0.2) is 18.2 Å². The molecule has 5 aliphatic rings. The molecule has 172 valence electrons. The number of carbonyl (C=O) groups excluding carboxylic acids is 3. The molecule has 1 unspecified atom stereocenters. The molecule has 0 radical (unpaired) electrons. The first-order valence-corrected chi connectivity index (χ1v) is 11.7. The molecule has 0 aromatic heterocycles. The van der Waals surface area contributed by atoms with Gasteiger partial charge in [0.1, 0.15) is 6.04 Å². The van der Waals surface area contributed by atoms with Crippen LogP contribution in [0.2, 0.25) is 0 Å². The summed E-state index contributed by atoms with van der Waals surface area (Å²) in [6.07, 6.45) is 8.20. The molecule has 4 aliphatic carbocycles. The first-order chi connectivity index (χ1) is 15.4. The third kappa shape index (κ3) is 3.55. The molecule has 7 heteroatoms. The summed E-state index contributed by atoms with van der Waals surface area (Å²) in [5, 5.41) is 0. The van der Waals surface area contributed by atoms with Crippen molar-refractivity contribution < 1.29 is 28.6 Å². The van der Waals surface area contributed by atoms with Crippen molar-refractivity contribution in [2.45, 2.75) is 57.4 Å². The Bertz CT molecular complexity index is 905. The maximum atomic E-state index is 13.8. The van der Waals surface area contributed by atoms with E-state index in [0.717, 1.165) is 25.7 Å². The molecule has 5 fully saturated rings. The van der Waals surface area contributed by atoms with Gasteiger partial charge in [-0.1, -0.05) is 0 Å². The number of carbonyl (C=O) groups is 3. The van der Waals surface area contributed by atoms with Crippen molar-refractivity contribution in [2.75, 3.05) is 20.8 Å². The highest BCUT2D eigenvalue weighted by molar-refractivity contribution is 5.91. The maximum absolute atomic E-state index is 13.8. The summed E-state index contributed by atoms with van der Waals surface area (Å²) in [7, 11) is 2.75. The zero-order valence-corrected chi connectivity index (χ0v) is 18.8. The lowest BCUT2D eigenvalue weighted by molar-refractivity contribution is -0.162. The number of methoxy groups -OCH3 is 2. The number of amides is 1. The Morgan fingerprint density at radius 1 is 0.969 bits per heavy atom. The lowest BCUT2D eigenvalue weighted by Crippen LogP contribution is -2.56. The third-order valence-electron chi connectivity index (χ3n) is 8.07. The number of rotatable bonds is 5. The summed E-state index contributed by atoms with van der Waals surface area (Å²) >= 11 is 0. The van der Waals surface area contributed by atoms with Crippen LogP contribution in [0.1, 0.15) is 61.7 Å². The third-order valence-corrected chi connectivity index (χ3v) is 8.07. The van der Waals surface area contributed by atoms with Crippen molar-refractivity contribution in [1.82, 2.24) is 4.90 Å². The van der Waals surface area contributed by atoms with Gasteiger partial charge in [-0.15, -0.1) is 0 Å². The van der Waals surface area contributed by atoms with Gasteiger partial charge in [-0.25, -0.2) is 9.59 Å². The van der Waals surface area contributed by atoms with Crippen LogP contribution in [-0.2, 0) is 14.3 Å². The monoisotopic (exact) mass is 441 g/mol. The van der Waals surface area contributed by atoms with Gasteiger partial charge in [-0.3, -0.25) is 4.79 Å². The van der Waals surface area contributed by atoms with Gasteiger partial charge in [0.2, 0.25) is 5.91 Å². The van der Waals surface area contributed by atoms with Gasteiger partial charge in [-0.05, 0) is 87.3 Å². The minimum Gasteiger partial charge on any atom is -0.493 e. The van der Waals surface area contributed by atoms with Crippen LogP contribution >= 0.6 is 0 Å². The first-order valence-electron chi connectivity index (χ1n) is 11.7. The van der Waals surface area contributed by atoms with E-state index in [1.54, 1.807) is 4.90 Å². The van der Waals surface area contributed by atoms with E-state index in [-0.39, 0.29) is 22.8 Å². The first kappa shape index (κ1) is 21.3. The van der Waals surface area contributed by atoms with Crippen molar-refractivity contribution in [1.29, 1.82) is 0 Å². The minimum atomic E-state index is -0.569. The molecular weight excluding hydrogens is 410 g/mol. The predicted octanol–water partition coefficient (Wildman–Crippen LogP) is 3.59. The minimum absolute atomic E-state index is 0.170. The largest absolute Gasteiger partial charge is 0.493 e. The topological polar surface area (TPSA) is 82.1 Å². The van der Waals surface area contributed by atoms with Crippen LogP contribution in [0.3, 0.4) is 0 Å². The number of benzene rings is 1. The van der Waals surface area contributed by atoms with Crippen molar-refractivity contribution in [3.05, 3.63) is 23.8 Å². The molecule has 1 saturated heterocycles. The predicted molar refractivity (Wildman–Crippen MR) is 115 cm³/mol. The standard InChI is InChI=1S/C25H31NO6/c1-30-21-11-18(22(27)31-2)5-6-20(21)32-23(28)19-4-3-7-26(19)24(29)25-12-15-8-16(13-25)10-17(9-15)14-25/h5-6,11,15-17,19H,3-4,7-10,12-14H2,1-2H3. The van der Waals surface area contributed by atoms with E-state index in [9.17, 15) is 14.4 Å². The van der Waals surface area contributed by atoms with Crippen LogP contribution in [0.4, 0.5) is 0 Å². The fraction of sp³-hybridized carbons (Fsp3) is 0.640. The summed E-state index contributed by atoms with van der Waals surface area (Å²) in [5.41, 5.74) is 0.0425. The van der Waals surface area contributed by atoms with Gasteiger partial charge >= 0.3 is 11.9 Å². The van der Waals surface area contributed by atoms with E-state index in [1.807, 2.05) is 0 Å². The van der Waals surface area contributed by atoms with Gasteiger partial charge in [0, 0.05) is 6.54 Å². The summed E-state index contributed by atoms with van der Waals surface area (Å²) in [4.78, 5) is 40.5. The van der Waals surface area contributed by atoms with Gasteiger partial charge in [-0.2, -0.15) is 0 Å². The Kier molecular flexibility index (Phi) is 5.38. The van der Waals surface area contributed by atoms with E-state index < -0.39 is 18.0 Å². The normalized spacial score (nSPS) is 32.6. The highest BCUT2D eigenvalue weighted by atomic mass is 16.6. The molecule has 32 heavy (non-hydrogen) atoms. The van der Waals surface area contributed by atoms with Crippen molar-refractivity contribution in [2.24, 2.45) is 23.2 Å². The molecule has 1 aliphatic heterocycles. The second-order valence-electron chi connectivity index (χ2n) is 10.1. The molecule has 4 bridgehead atoms. The van der Waals surface area contributed by atoms with Gasteiger partial charge < -0.3 is 19.1 Å². The summed E-state index contributed by atoms with van der Waals surface area (Å²) < 4.78 is 15.7. The Morgan fingerprint density at radius 3 is 2.22 bits per heavy atom. The van der Waals surface area contributed by atoms with E-state index in [0.29, 0.717) is 36.3 Å². The Balaban J connectivity index is 1.32. The molecule has 1 aromatic rings. The molecular formula is C25H31NO6. The number of nitrogens with zero attached hydrogens (tertiary/aromatic N) is 1. The molecule has 6 rings (SSSR count). The van der Waals surface area contributed by atoms with E-state index in [2.05, 4.69) is 0 Å². The van der Waals surface area contributed by atoms with Crippen LogP contribution in [0.5, 0.6) is 11.5 Å². The fourth-order valence-corrected chi connectivity index (χ4v) is 7.11. The highest BCUT2D eigenvalue weighted by Crippen LogP contribution is 2.60. The van der Waals surface area contributed by atoms with Gasteiger partial charge in [0.05, 0.1) is 25.2 Å². The Labute approximate surface area is 188 Å². The summed E-state index contributed by atoms with van der Waals surface area (Å²) in [6, 6.07) is 3.98. The number of hydrogen-bond donors (Lipinski definition) is 0. The van der Waals surface area contributed by atoms with Crippen LogP contribution < -0.4 is 9.47 Å². The number of ether oxygens (including phenoxy) is 3. The van der Waals surface area contributed by atoms with Crippen LogP contribution in [0, 0.1) is 23.2 Å². The fourth-order valence-electron chi connectivity index (χ4n) is 7.11. The molecule has 1 amide bonds. The SMILES string of the molecule is COC(=O)c1ccc(OC(=O)C2CCCN2C(=O)C23CC4CC(CC(C4)C2)C3)c(OC)c1. The zero-order valence-electron chi connectivity index (χ0n) is 18.8. The van der Waals surface area contributed by atoms with E-state index >= 15 is 0 Å². The van der Waals surface area contributed by atoms with E-state index in [4.69, 9.17) is 14.2 Å². The second kappa shape index (κ2) is 8.09. The van der Waals surface area contributed by atoms with Crippen molar-refractivity contribution >= 4 is 17.8 Å². The summed E-state index contributed by atoms with van der Waals surface area (Å²) in [6.45, 7) is 0.610. The lowest BCUT2D eigenvalue weighted by Gasteiger charge is -2.56. The average Bonchev–Trinajstić information content (AvgIpc) is 3.27. The molecule has 1 heterocycles. The van der Waals surface area contributed by atoms with Crippen LogP contribution in [0.25, 0.3) is 0 Å². The number of esters is 2. The number of hydrogen-bond acceptors (Lipinski definition) is 6. The average molecular weight is 442 g/mol. The molecule has 1 atom stereocenters. The molecule has 1 aromatic carbocycles. The van der Waals surface area contributed by atoms with E-state index in [1.165, 1.54) is 51.7 Å². The number of likely N-dealkylation sites (tertiary alicyclic amines) is 1. The quantitative estimate of drug-likeness (QED) is 0.513. The maximum Gasteiger partial charge on any atom is 0.337 e. The molecule has 0 spiro atoms. The Hall–Kier alpha value is -2.57. The molecule has 4 saturated carbocycles. The molecule has 7 nitrogen and oxygen atoms in total. The Morgan fingerprint density at radius 2 is 1.62 bits per heavy atom. The van der Waals surface area contributed by atoms with Gasteiger partial charge in [0.15, 0.2) is 11.5 Å². The smallest absolute Gasteiger partial charge is 0.337 e. The summed E-state index contributed by atoms with van der Waals surface area (Å²) in [5.74, 6) is 1.78. The zero-order chi connectivity index (χ0) is 22.5.